The highest BCUT2D eigenvalue weighted by atomic mass is 15.1. The molecular formula is C16H29N3. The van der Waals surface area contributed by atoms with Crippen molar-refractivity contribution < 1.29 is 0 Å². The van der Waals surface area contributed by atoms with E-state index in [9.17, 15) is 0 Å². The molecule has 0 saturated carbocycles. The first-order valence-electron chi connectivity index (χ1n) is 7.49. The molecule has 0 amide bonds. The average Bonchev–Trinajstić information content (AvgIpc) is 2.76. The van der Waals surface area contributed by atoms with Gasteiger partial charge in [0.2, 0.25) is 0 Å². The predicted molar refractivity (Wildman–Crippen MR) is 82.3 cm³/mol. The third-order valence-electron chi connectivity index (χ3n) is 3.07. The number of imidazole rings is 1. The Kier molecular flexibility index (Phi) is 7.49. The van der Waals surface area contributed by atoms with Crippen LogP contribution in [0.2, 0.25) is 0 Å². The van der Waals surface area contributed by atoms with Crippen LogP contribution in [0.4, 0.5) is 0 Å². The Balaban J connectivity index is 2.32. The lowest BCUT2D eigenvalue weighted by molar-refractivity contribution is 0.556. The zero-order valence-corrected chi connectivity index (χ0v) is 12.9. The van der Waals surface area contributed by atoms with E-state index in [1.807, 2.05) is 6.20 Å². The summed E-state index contributed by atoms with van der Waals surface area (Å²) in [6.07, 6.45) is 9.55. The number of aryl methyl sites for hydroxylation is 1. The van der Waals surface area contributed by atoms with Crippen molar-refractivity contribution in [2.24, 2.45) is 5.92 Å². The lowest BCUT2D eigenvalue weighted by Gasteiger charge is -2.07. The summed E-state index contributed by atoms with van der Waals surface area (Å²) in [7, 11) is 0. The van der Waals surface area contributed by atoms with Gasteiger partial charge in [0.05, 0.1) is 0 Å². The summed E-state index contributed by atoms with van der Waals surface area (Å²) in [5, 5.41) is 3.47. The minimum Gasteiger partial charge on any atom is -0.335 e. The number of hydrogen-bond acceptors (Lipinski definition) is 2. The molecule has 0 saturated heterocycles. The summed E-state index contributed by atoms with van der Waals surface area (Å²) in [4.78, 5) is 4.45. The highest BCUT2D eigenvalue weighted by Gasteiger charge is 2.02. The van der Waals surface area contributed by atoms with Crippen LogP contribution < -0.4 is 5.32 Å². The Morgan fingerprint density at radius 2 is 2.26 bits per heavy atom. The van der Waals surface area contributed by atoms with Gasteiger partial charge in [-0.05, 0) is 38.8 Å². The highest BCUT2D eigenvalue weighted by molar-refractivity contribution is 5.08. The SMILES string of the molecule is CCCn1ccnc1CC(C)=CCCNCC(C)C. The van der Waals surface area contributed by atoms with E-state index in [-0.39, 0.29) is 0 Å². The second-order valence-electron chi connectivity index (χ2n) is 5.65. The molecular weight excluding hydrogens is 234 g/mol. The maximum atomic E-state index is 4.45. The van der Waals surface area contributed by atoms with Gasteiger partial charge in [0.1, 0.15) is 5.82 Å². The molecule has 0 bridgehead atoms. The molecule has 3 heteroatoms. The second-order valence-corrected chi connectivity index (χ2v) is 5.65. The number of hydrogen-bond donors (Lipinski definition) is 1. The van der Waals surface area contributed by atoms with Crippen molar-refractivity contribution in [1.82, 2.24) is 14.9 Å². The van der Waals surface area contributed by atoms with Crippen molar-refractivity contribution in [3.63, 3.8) is 0 Å². The zero-order valence-electron chi connectivity index (χ0n) is 12.9. The summed E-state index contributed by atoms with van der Waals surface area (Å²) < 4.78 is 2.26. The first-order valence-corrected chi connectivity index (χ1v) is 7.49. The zero-order chi connectivity index (χ0) is 14.1. The number of rotatable bonds is 9. The minimum absolute atomic E-state index is 0.728. The Morgan fingerprint density at radius 3 is 2.95 bits per heavy atom. The molecule has 1 N–H and O–H groups in total. The molecule has 0 aliphatic heterocycles. The van der Waals surface area contributed by atoms with E-state index in [4.69, 9.17) is 0 Å². The van der Waals surface area contributed by atoms with Crippen molar-refractivity contribution >= 4 is 0 Å². The van der Waals surface area contributed by atoms with Crippen LogP contribution in [-0.4, -0.2) is 22.6 Å². The van der Waals surface area contributed by atoms with Gasteiger partial charge in [-0.3, -0.25) is 0 Å². The van der Waals surface area contributed by atoms with Crippen LogP contribution >= 0.6 is 0 Å². The van der Waals surface area contributed by atoms with Crippen LogP contribution in [0.1, 0.15) is 46.4 Å². The Hall–Kier alpha value is -1.09. The molecule has 3 nitrogen and oxygen atoms in total. The van der Waals surface area contributed by atoms with E-state index in [2.05, 4.69) is 54.8 Å². The highest BCUT2D eigenvalue weighted by Crippen LogP contribution is 2.07. The van der Waals surface area contributed by atoms with Gasteiger partial charge in [0.15, 0.2) is 0 Å². The molecule has 1 aromatic heterocycles. The van der Waals surface area contributed by atoms with Gasteiger partial charge in [-0.1, -0.05) is 32.4 Å². The molecule has 1 aromatic rings. The normalized spacial score (nSPS) is 12.4. The molecule has 0 aliphatic carbocycles. The molecule has 0 atom stereocenters. The largest absolute Gasteiger partial charge is 0.335 e. The third kappa shape index (κ3) is 6.58. The summed E-state index contributed by atoms with van der Waals surface area (Å²) in [6.45, 7) is 12.1. The van der Waals surface area contributed by atoms with E-state index in [1.54, 1.807) is 0 Å². The van der Waals surface area contributed by atoms with Gasteiger partial charge in [-0.25, -0.2) is 4.98 Å². The fraction of sp³-hybridized carbons (Fsp3) is 0.688. The van der Waals surface area contributed by atoms with Gasteiger partial charge < -0.3 is 9.88 Å². The number of aromatic nitrogens is 2. The van der Waals surface area contributed by atoms with E-state index in [0.29, 0.717) is 0 Å². The Labute approximate surface area is 118 Å². The molecule has 108 valence electrons. The van der Waals surface area contributed by atoms with Gasteiger partial charge >= 0.3 is 0 Å². The molecule has 1 rings (SSSR count). The van der Waals surface area contributed by atoms with E-state index in [0.717, 1.165) is 44.8 Å². The van der Waals surface area contributed by atoms with Crippen molar-refractivity contribution in [3.8, 4) is 0 Å². The first-order chi connectivity index (χ1) is 9.13. The topological polar surface area (TPSA) is 29.9 Å². The predicted octanol–water partition coefficient (Wildman–Crippen LogP) is 3.42. The van der Waals surface area contributed by atoms with Crippen LogP contribution in [0.5, 0.6) is 0 Å². The van der Waals surface area contributed by atoms with Crippen LogP contribution in [0.3, 0.4) is 0 Å². The molecule has 0 unspecified atom stereocenters. The Morgan fingerprint density at radius 1 is 1.47 bits per heavy atom. The number of allylic oxidation sites excluding steroid dienone is 1. The third-order valence-corrected chi connectivity index (χ3v) is 3.07. The maximum absolute atomic E-state index is 4.45. The average molecular weight is 263 g/mol. The Bertz CT molecular complexity index is 377. The van der Waals surface area contributed by atoms with Gasteiger partial charge in [-0.2, -0.15) is 0 Å². The lowest BCUT2D eigenvalue weighted by Crippen LogP contribution is -2.20. The lowest BCUT2D eigenvalue weighted by atomic mass is 10.1. The quantitative estimate of drug-likeness (QED) is 0.546. The second kappa shape index (κ2) is 8.92. The van der Waals surface area contributed by atoms with Crippen molar-refractivity contribution in [3.05, 3.63) is 29.9 Å². The first kappa shape index (κ1) is 16.0. The number of nitrogens with zero attached hydrogens (tertiary/aromatic N) is 2. The summed E-state index contributed by atoms with van der Waals surface area (Å²) in [5.74, 6) is 1.91. The fourth-order valence-electron chi connectivity index (χ4n) is 2.08. The smallest absolute Gasteiger partial charge is 0.112 e. The van der Waals surface area contributed by atoms with Gasteiger partial charge in [0, 0.05) is 25.4 Å². The van der Waals surface area contributed by atoms with Crippen molar-refractivity contribution in [2.45, 2.75) is 53.5 Å². The van der Waals surface area contributed by atoms with E-state index in [1.165, 1.54) is 11.4 Å². The van der Waals surface area contributed by atoms with Crippen LogP contribution in [0.25, 0.3) is 0 Å². The molecule has 19 heavy (non-hydrogen) atoms. The van der Waals surface area contributed by atoms with Crippen LogP contribution in [0, 0.1) is 5.92 Å². The molecule has 1 heterocycles. The molecule has 0 aliphatic rings. The van der Waals surface area contributed by atoms with Crippen LogP contribution in [-0.2, 0) is 13.0 Å². The molecule has 0 radical (unpaired) electrons. The molecule has 0 aromatic carbocycles. The van der Waals surface area contributed by atoms with Crippen molar-refractivity contribution in [1.29, 1.82) is 0 Å². The van der Waals surface area contributed by atoms with Crippen molar-refractivity contribution in [2.75, 3.05) is 13.1 Å². The van der Waals surface area contributed by atoms with Crippen LogP contribution in [0.15, 0.2) is 24.0 Å². The van der Waals surface area contributed by atoms with E-state index >= 15 is 0 Å². The summed E-state index contributed by atoms with van der Waals surface area (Å²) >= 11 is 0. The van der Waals surface area contributed by atoms with Gasteiger partial charge in [0.25, 0.3) is 0 Å². The summed E-state index contributed by atoms with van der Waals surface area (Å²) in [5.41, 5.74) is 1.41. The molecule has 0 spiro atoms. The monoisotopic (exact) mass is 263 g/mol. The standard InChI is InChI=1S/C16H29N3/c1-5-10-19-11-9-18-16(19)12-15(4)7-6-8-17-13-14(2)3/h7,9,11,14,17H,5-6,8,10,12-13H2,1-4H3. The minimum atomic E-state index is 0.728. The van der Waals surface area contributed by atoms with Gasteiger partial charge in [-0.15, -0.1) is 0 Å². The summed E-state index contributed by atoms with van der Waals surface area (Å²) in [6, 6.07) is 0. The molecule has 0 fully saturated rings. The maximum Gasteiger partial charge on any atom is 0.112 e. The fourth-order valence-corrected chi connectivity index (χ4v) is 2.08. The van der Waals surface area contributed by atoms with E-state index < -0.39 is 0 Å². The number of nitrogens with one attached hydrogen (secondary N) is 1.